The van der Waals surface area contributed by atoms with Gasteiger partial charge in [0.25, 0.3) is 5.91 Å². The van der Waals surface area contributed by atoms with E-state index in [1.54, 1.807) is 38.5 Å². The zero-order chi connectivity index (χ0) is 20.4. The molecule has 150 valence electrons. The predicted octanol–water partition coefficient (Wildman–Crippen LogP) is 2.62. The molecule has 0 aliphatic heterocycles. The second-order valence-corrected chi connectivity index (χ2v) is 5.72. The Hall–Kier alpha value is -3.42. The number of carbonyl (C=O) groups excluding carboxylic acids is 2. The largest absolute Gasteiger partial charge is 0.493 e. The summed E-state index contributed by atoms with van der Waals surface area (Å²) in [5.41, 5.74) is 1.59. The lowest BCUT2D eigenvalue weighted by Gasteiger charge is -2.11. The Labute approximate surface area is 163 Å². The number of carbonyl (C=O) groups is 2. The summed E-state index contributed by atoms with van der Waals surface area (Å²) in [4.78, 5) is 23.0. The Morgan fingerprint density at radius 2 is 1.64 bits per heavy atom. The first-order valence-electron chi connectivity index (χ1n) is 8.61. The number of anilines is 1. The van der Waals surface area contributed by atoms with Gasteiger partial charge in [-0.15, -0.1) is 0 Å². The molecule has 2 aromatic rings. The molecular weight excluding hydrogens is 364 g/mol. The smallest absolute Gasteiger partial charge is 0.411 e. The van der Waals surface area contributed by atoms with Gasteiger partial charge in [-0.05, 0) is 48.4 Å². The maximum atomic E-state index is 11.9. The molecule has 8 heteroatoms. The zero-order valence-electron chi connectivity index (χ0n) is 16.1. The summed E-state index contributed by atoms with van der Waals surface area (Å²) in [5, 5.41) is 5.33. The number of benzene rings is 2. The van der Waals surface area contributed by atoms with Gasteiger partial charge in [-0.2, -0.15) is 0 Å². The van der Waals surface area contributed by atoms with Crippen LogP contribution in [0.15, 0.2) is 42.5 Å². The van der Waals surface area contributed by atoms with Crippen molar-refractivity contribution in [3.05, 3.63) is 48.0 Å². The molecule has 0 bridgehead atoms. The Bertz CT molecular complexity index is 792. The van der Waals surface area contributed by atoms with E-state index < -0.39 is 6.09 Å². The van der Waals surface area contributed by atoms with Crippen LogP contribution in [0.1, 0.15) is 5.56 Å². The third-order valence-corrected chi connectivity index (χ3v) is 3.84. The van der Waals surface area contributed by atoms with E-state index in [1.807, 2.05) is 18.2 Å². The molecule has 0 saturated heterocycles. The number of amides is 2. The Balaban J connectivity index is 1.73. The molecule has 0 aromatic heterocycles. The molecule has 0 radical (unpaired) electrons. The Morgan fingerprint density at radius 3 is 2.29 bits per heavy atom. The van der Waals surface area contributed by atoms with Crippen molar-refractivity contribution in [1.29, 1.82) is 0 Å². The molecule has 0 unspecified atom stereocenters. The number of rotatable bonds is 9. The van der Waals surface area contributed by atoms with E-state index >= 15 is 0 Å². The summed E-state index contributed by atoms with van der Waals surface area (Å²) in [6.45, 7) is 0.370. The highest BCUT2D eigenvalue weighted by molar-refractivity contribution is 5.84. The highest BCUT2D eigenvalue weighted by atomic mass is 16.5. The van der Waals surface area contributed by atoms with Crippen LogP contribution < -0.4 is 24.8 Å². The highest BCUT2D eigenvalue weighted by Crippen LogP contribution is 2.27. The van der Waals surface area contributed by atoms with Gasteiger partial charge in [0.2, 0.25) is 0 Å². The molecule has 8 nitrogen and oxygen atoms in total. The maximum Gasteiger partial charge on any atom is 0.411 e. The number of hydrogen-bond donors (Lipinski definition) is 2. The van der Waals surface area contributed by atoms with E-state index in [-0.39, 0.29) is 12.5 Å². The standard InChI is InChI=1S/C20H24N2O6/c1-25-17-9-4-14(12-18(17)26-2)10-11-21-19(23)13-28-16-7-5-15(6-8-16)22-20(24)27-3/h4-9,12H,10-11,13H2,1-3H3,(H,21,23)(H,22,24). The summed E-state index contributed by atoms with van der Waals surface area (Å²) in [6.07, 6.45) is 0.0996. The van der Waals surface area contributed by atoms with Crippen molar-refractivity contribution in [2.45, 2.75) is 6.42 Å². The van der Waals surface area contributed by atoms with Gasteiger partial charge in [0, 0.05) is 12.2 Å². The van der Waals surface area contributed by atoms with E-state index in [2.05, 4.69) is 15.4 Å². The van der Waals surface area contributed by atoms with Gasteiger partial charge >= 0.3 is 6.09 Å². The summed E-state index contributed by atoms with van der Waals surface area (Å²) in [5.74, 6) is 1.61. The fraction of sp³-hybridized carbons (Fsp3) is 0.300. The van der Waals surface area contributed by atoms with E-state index in [0.29, 0.717) is 35.9 Å². The summed E-state index contributed by atoms with van der Waals surface area (Å²) < 4.78 is 20.4. The van der Waals surface area contributed by atoms with Crippen LogP contribution in [0, 0.1) is 0 Å². The van der Waals surface area contributed by atoms with Crippen LogP contribution in [0.25, 0.3) is 0 Å². The van der Waals surface area contributed by atoms with Crippen molar-refractivity contribution in [3.63, 3.8) is 0 Å². The lowest BCUT2D eigenvalue weighted by atomic mass is 10.1. The van der Waals surface area contributed by atoms with Gasteiger partial charge in [-0.1, -0.05) is 6.07 Å². The number of hydrogen-bond acceptors (Lipinski definition) is 6. The van der Waals surface area contributed by atoms with Crippen LogP contribution >= 0.6 is 0 Å². The zero-order valence-corrected chi connectivity index (χ0v) is 16.1. The molecule has 2 N–H and O–H groups in total. The number of ether oxygens (including phenoxy) is 4. The van der Waals surface area contributed by atoms with Crippen LogP contribution in [-0.2, 0) is 16.0 Å². The maximum absolute atomic E-state index is 11.9. The van der Waals surface area contributed by atoms with Crippen LogP contribution in [0.3, 0.4) is 0 Å². The van der Waals surface area contributed by atoms with E-state index in [1.165, 1.54) is 7.11 Å². The van der Waals surface area contributed by atoms with Gasteiger partial charge in [0.1, 0.15) is 5.75 Å². The molecule has 0 saturated carbocycles. The minimum atomic E-state index is -0.553. The molecule has 0 spiro atoms. The first-order valence-corrected chi connectivity index (χ1v) is 8.61. The van der Waals surface area contributed by atoms with Crippen LogP contribution in [-0.4, -0.2) is 46.5 Å². The molecule has 0 aliphatic rings. The number of nitrogens with one attached hydrogen (secondary N) is 2. The average molecular weight is 388 g/mol. The van der Waals surface area contributed by atoms with E-state index in [9.17, 15) is 9.59 Å². The summed E-state index contributed by atoms with van der Waals surface area (Å²) in [7, 11) is 4.45. The Kier molecular flexibility index (Phi) is 7.95. The summed E-state index contributed by atoms with van der Waals surface area (Å²) >= 11 is 0. The molecule has 0 aliphatic carbocycles. The first-order chi connectivity index (χ1) is 13.5. The average Bonchev–Trinajstić information content (AvgIpc) is 2.73. The number of methoxy groups -OCH3 is 3. The summed E-state index contributed by atoms with van der Waals surface area (Å²) in [6, 6.07) is 12.3. The predicted molar refractivity (Wildman–Crippen MR) is 104 cm³/mol. The molecule has 2 aromatic carbocycles. The van der Waals surface area contributed by atoms with Gasteiger partial charge in [-0.25, -0.2) is 4.79 Å². The fourth-order valence-electron chi connectivity index (χ4n) is 2.39. The SMILES string of the molecule is COC(=O)Nc1ccc(OCC(=O)NCCc2ccc(OC)c(OC)c2)cc1. The van der Waals surface area contributed by atoms with Gasteiger partial charge in [-0.3, -0.25) is 10.1 Å². The van der Waals surface area contributed by atoms with E-state index in [4.69, 9.17) is 14.2 Å². The molecule has 2 rings (SSSR count). The van der Waals surface area contributed by atoms with Crippen molar-refractivity contribution < 1.29 is 28.5 Å². The monoisotopic (exact) mass is 388 g/mol. The molecule has 0 heterocycles. The van der Waals surface area contributed by atoms with E-state index in [0.717, 1.165) is 5.56 Å². The quantitative estimate of drug-likeness (QED) is 0.686. The Morgan fingerprint density at radius 1 is 0.929 bits per heavy atom. The van der Waals surface area contributed by atoms with Gasteiger partial charge < -0.3 is 24.3 Å². The van der Waals surface area contributed by atoms with Crippen LogP contribution in [0.5, 0.6) is 17.2 Å². The first kappa shape index (κ1) is 20.9. The third kappa shape index (κ3) is 6.39. The van der Waals surface area contributed by atoms with Gasteiger partial charge in [0.15, 0.2) is 18.1 Å². The van der Waals surface area contributed by atoms with Crippen molar-refractivity contribution >= 4 is 17.7 Å². The van der Waals surface area contributed by atoms with Crippen molar-refractivity contribution in [2.75, 3.05) is 39.8 Å². The minimum absolute atomic E-state index is 0.101. The normalized spacial score (nSPS) is 9.96. The lowest BCUT2D eigenvalue weighted by Crippen LogP contribution is -2.30. The third-order valence-electron chi connectivity index (χ3n) is 3.84. The minimum Gasteiger partial charge on any atom is -0.493 e. The molecular formula is C20H24N2O6. The van der Waals surface area contributed by atoms with Gasteiger partial charge in [0.05, 0.1) is 21.3 Å². The van der Waals surface area contributed by atoms with Crippen molar-refractivity contribution in [1.82, 2.24) is 5.32 Å². The van der Waals surface area contributed by atoms with Crippen molar-refractivity contribution in [3.8, 4) is 17.2 Å². The van der Waals surface area contributed by atoms with Crippen LogP contribution in [0.4, 0.5) is 10.5 Å². The molecule has 0 fully saturated rings. The second-order valence-electron chi connectivity index (χ2n) is 5.72. The fourth-order valence-corrected chi connectivity index (χ4v) is 2.39. The van der Waals surface area contributed by atoms with Crippen LogP contribution in [0.2, 0.25) is 0 Å². The highest BCUT2D eigenvalue weighted by Gasteiger charge is 2.07. The molecule has 0 atom stereocenters. The molecule has 2 amide bonds. The molecule has 28 heavy (non-hydrogen) atoms. The lowest BCUT2D eigenvalue weighted by molar-refractivity contribution is -0.123. The topological polar surface area (TPSA) is 95.1 Å². The van der Waals surface area contributed by atoms with Crippen molar-refractivity contribution in [2.24, 2.45) is 0 Å². The second kappa shape index (κ2) is 10.7.